The fraction of sp³-hybridized carbons (Fsp3) is 0.529. The van der Waals surface area contributed by atoms with Gasteiger partial charge in [-0.25, -0.2) is 4.79 Å². The lowest BCUT2D eigenvalue weighted by molar-refractivity contribution is -0.122. The van der Waals surface area contributed by atoms with Gasteiger partial charge in [-0.1, -0.05) is 30.3 Å². The summed E-state index contributed by atoms with van der Waals surface area (Å²) in [5.74, 6) is 0.380. The van der Waals surface area contributed by atoms with E-state index in [0.717, 1.165) is 32.5 Å². The number of nitrogens with one attached hydrogen (secondary N) is 3. The minimum atomic E-state index is -0.438. The number of carbonyl (C=O) groups excluding carboxylic acids is 2. The van der Waals surface area contributed by atoms with E-state index in [1.54, 1.807) is 0 Å². The van der Waals surface area contributed by atoms with Crippen LogP contribution in [0.2, 0.25) is 0 Å². The average molecular weight is 316 g/mol. The zero-order valence-corrected chi connectivity index (χ0v) is 13.3. The van der Waals surface area contributed by atoms with Gasteiger partial charge in [-0.15, -0.1) is 0 Å². The summed E-state index contributed by atoms with van der Waals surface area (Å²) in [6, 6.07) is 9.78. The van der Waals surface area contributed by atoms with Crippen molar-refractivity contribution in [3.05, 3.63) is 35.9 Å². The molecule has 0 saturated carbocycles. The van der Waals surface area contributed by atoms with E-state index in [4.69, 9.17) is 0 Å². The molecular weight excluding hydrogens is 292 g/mol. The van der Waals surface area contributed by atoms with Crippen LogP contribution < -0.4 is 16.0 Å². The highest BCUT2D eigenvalue weighted by Gasteiger charge is 2.27. The van der Waals surface area contributed by atoms with Crippen molar-refractivity contribution in [2.24, 2.45) is 5.92 Å². The fourth-order valence-corrected chi connectivity index (χ4v) is 3.28. The molecule has 1 aromatic rings. The Hall–Kier alpha value is -2.08. The molecule has 0 radical (unpaired) electrons. The molecule has 0 spiro atoms. The van der Waals surface area contributed by atoms with E-state index < -0.39 is 6.04 Å². The Kier molecular flexibility index (Phi) is 5.12. The molecule has 23 heavy (non-hydrogen) atoms. The second kappa shape index (κ2) is 7.46. The number of nitrogens with zero attached hydrogens (tertiary/aromatic N) is 1. The summed E-state index contributed by atoms with van der Waals surface area (Å²) >= 11 is 0. The van der Waals surface area contributed by atoms with Crippen LogP contribution in [0, 0.1) is 5.92 Å². The monoisotopic (exact) mass is 316 g/mol. The van der Waals surface area contributed by atoms with E-state index in [1.165, 1.54) is 5.56 Å². The number of rotatable bonds is 5. The van der Waals surface area contributed by atoms with E-state index in [2.05, 4.69) is 45.1 Å². The number of hydrogen-bond donors (Lipinski definition) is 3. The highest BCUT2D eigenvalue weighted by molar-refractivity contribution is 5.90. The molecule has 0 bridgehead atoms. The summed E-state index contributed by atoms with van der Waals surface area (Å²) in [6.45, 7) is 4.13. The maximum atomic E-state index is 12.0. The Balaban J connectivity index is 1.43. The van der Waals surface area contributed by atoms with Crippen LogP contribution in [-0.4, -0.2) is 49.1 Å². The van der Waals surface area contributed by atoms with E-state index in [1.807, 2.05) is 6.07 Å². The van der Waals surface area contributed by atoms with Gasteiger partial charge in [-0.05, 0) is 30.9 Å². The molecule has 2 aliphatic heterocycles. The second-order valence-corrected chi connectivity index (χ2v) is 6.38. The van der Waals surface area contributed by atoms with Gasteiger partial charge in [0.1, 0.15) is 6.04 Å². The van der Waals surface area contributed by atoms with E-state index >= 15 is 0 Å². The Morgan fingerprint density at radius 3 is 2.87 bits per heavy atom. The first-order valence-electron chi connectivity index (χ1n) is 8.29. The van der Waals surface area contributed by atoms with Gasteiger partial charge < -0.3 is 16.0 Å². The quantitative estimate of drug-likeness (QED) is 0.748. The molecule has 0 aliphatic carbocycles. The second-order valence-electron chi connectivity index (χ2n) is 6.38. The predicted octanol–water partition coefficient (Wildman–Crippen LogP) is 0.696. The summed E-state index contributed by atoms with van der Waals surface area (Å²) in [5, 5.41) is 8.19. The third-order valence-corrected chi connectivity index (χ3v) is 4.51. The number of hydrogen-bond acceptors (Lipinski definition) is 3. The summed E-state index contributed by atoms with van der Waals surface area (Å²) < 4.78 is 0. The zero-order valence-electron chi connectivity index (χ0n) is 13.3. The predicted molar refractivity (Wildman–Crippen MR) is 87.8 cm³/mol. The molecule has 3 amide bonds. The fourth-order valence-electron chi connectivity index (χ4n) is 3.28. The zero-order chi connectivity index (χ0) is 16.1. The van der Waals surface area contributed by atoms with Gasteiger partial charge in [0.25, 0.3) is 0 Å². The molecule has 3 rings (SSSR count). The molecule has 1 aromatic carbocycles. The Morgan fingerprint density at radius 2 is 2.13 bits per heavy atom. The van der Waals surface area contributed by atoms with Crippen molar-refractivity contribution >= 4 is 11.9 Å². The maximum absolute atomic E-state index is 12.0. The van der Waals surface area contributed by atoms with Gasteiger partial charge in [-0.3, -0.25) is 9.69 Å². The summed E-state index contributed by atoms with van der Waals surface area (Å²) in [4.78, 5) is 25.6. The molecule has 2 fully saturated rings. The minimum Gasteiger partial charge on any atom is -0.354 e. The van der Waals surface area contributed by atoms with Crippen LogP contribution in [0.15, 0.2) is 30.3 Å². The van der Waals surface area contributed by atoms with Crippen molar-refractivity contribution in [3.8, 4) is 0 Å². The molecule has 2 saturated heterocycles. The lowest BCUT2D eigenvalue weighted by atomic mass is 9.97. The molecule has 124 valence electrons. The molecule has 6 heteroatoms. The van der Waals surface area contributed by atoms with Gasteiger partial charge >= 0.3 is 6.03 Å². The van der Waals surface area contributed by atoms with Crippen molar-refractivity contribution < 1.29 is 9.59 Å². The standard InChI is InChI=1S/C17H24N4O2/c22-16(15-10-19-17(23)20-15)18-9-14-7-4-8-21(12-14)11-13-5-2-1-3-6-13/h1-3,5-6,14-15H,4,7-12H2,(H,18,22)(H2,19,20,23). The normalized spacial score (nSPS) is 24.8. The van der Waals surface area contributed by atoms with E-state index in [9.17, 15) is 9.59 Å². The van der Waals surface area contributed by atoms with Gasteiger partial charge in [0.2, 0.25) is 5.91 Å². The molecule has 2 atom stereocenters. The number of piperidine rings is 1. The number of benzene rings is 1. The van der Waals surface area contributed by atoms with E-state index in [-0.39, 0.29) is 11.9 Å². The van der Waals surface area contributed by atoms with Crippen molar-refractivity contribution in [3.63, 3.8) is 0 Å². The van der Waals surface area contributed by atoms with Gasteiger partial charge in [0.05, 0.1) is 0 Å². The van der Waals surface area contributed by atoms with Crippen molar-refractivity contribution in [1.82, 2.24) is 20.9 Å². The van der Waals surface area contributed by atoms with Crippen molar-refractivity contribution in [1.29, 1.82) is 0 Å². The van der Waals surface area contributed by atoms with E-state index in [0.29, 0.717) is 19.0 Å². The summed E-state index contributed by atoms with van der Waals surface area (Å²) in [5.41, 5.74) is 1.33. The van der Waals surface area contributed by atoms with Crippen LogP contribution in [-0.2, 0) is 11.3 Å². The first-order valence-corrected chi connectivity index (χ1v) is 8.29. The van der Waals surface area contributed by atoms with Gasteiger partial charge in [0.15, 0.2) is 0 Å². The van der Waals surface area contributed by atoms with Crippen LogP contribution in [0.1, 0.15) is 18.4 Å². The average Bonchev–Trinajstić information content (AvgIpc) is 3.01. The Labute approximate surface area is 136 Å². The first kappa shape index (κ1) is 15.8. The largest absolute Gasteiger partial charge is 0.354 e. The van der Waals surface area contributed by atoms with Gasteiger partial charge in [-0.2, -0.15) is 0 Å². The van der Waals surface area contributed by atoms with Crippen LogP contribution in [0.3, 0.4) is 0 Å². The highest BCUT2D eigenvalue weighted by Crippen LogP contribution is 2.18. The molecule has 3 N–H and O–H groups in total. The highest BCUT2D eigenvalue weighted by atomic mass is 16.2. The third kappa shape index (κ3) is 4.45. The number of urea groups is 1. The van der Waals surface area contributed by atoms with Crippen LogP contribution in [0.5, 0.6) is 0 Å². The van der Waals surface area contributed by atoms with Gasteiger partial charge in [0, 0.05) is 26.2 Å². The molecule has 2 unspecified atom stereocenters. The summed E-state index contributed by atoms with van der Waals surface area (Å²) in [7, 11) is 0. The van der Waals surface area contributed by atoms with Crippen LogP contribution in [0.4, 0.5) is 4.79 Å². The summed E-state index contributed by atoms with van der Waals surface area (Å²) in [6.07, 6.45) is 2.30. The Bertz CT molecular complexity index is 549. The third-order valence-electron chi connectivity index (χ3n) is 4.51. The molecule has 0 aromatic heterocycles. The lowest BCUT2D eigenvalue weighted by Gasteiger charge is -2.33. The number of carbonyl (C=O) groups is 2. The topological polar surface area (TPSA) is 73.5 Å². The van der Waals surface area contributed by atoms with Crippen LogP contribution in [0.25, 0.3) is 0 Å². The SMILES string of the molecule is O=C1NCC(C(=O)NCC2CCCN(Cc3ccccc3)C2)N1. The molecular formula is C17H24N4O2. The van der Waals surface area contributed by atoms with Crippen LogP contribution >= 0.6 is 0 Å². The Morgan fingerprint density at radius 1 is 1.30 bits per heavy atom. The number of likely N-dealkylation sites (tertiary alicyclic amines) is 1. The molecule has 2 aliphatic rings. The number of amides is 3. The lowest BCUT2D eigenvalue weighted by Crippen LogP contribution is -2.46. The minimum absolute atomic E-state index is 0.0940. The molecule has 2 heterocycles. The first-order chi connectivity index (χ1) is 11.2. The van der Waals surface area contributed by atoms with Crippen molar-refractivity contribution in [2.75, 3.05) is 26.2 Å². The van der Waals surface area contributed by atoms with Crippen molar-refractivity contribution in [2.45, 2.75) is 25.4 Å². The molecule has 6 nitrogen and oxygen atoms in total. The smallest absolute Gasteiger partial charge is 0.315 e. The maximum Gasteiger partial charge on any atom is 0.315 e.